The Bertz CT molecular complexity index is 3480. The van der Waals surface area contributed by atoms with Crippen LogP contribution in [0.1, 0.15) is 0 Å². The largest absolute Gasteiger partial charge is 0.309 e. The molecule has 0 aliphatic carbocycles. The summed E-state index contributed by atoms with van der Waals surface area (Å²) in [6, 6.07) is 63.3. The minimum atomic E-state index is 0.861. The van der Waals surface area contributed by atoms with Crippen molar-refractivity contribution in [3.8, 4) is 28.5 Å². The summed E-state index contributed by atoms with van der Waals surface area (Å²) >= 11 is 0. The maximum atomic E-state index is 5.43. The van der Waals surface area contributed by atoms with Crippen LogP contribution in [0.15, 0.2) is 188 Å². The first-order chi connectivity index (χ1) is 27.3. The topological polar surface area (TPSA) is 40.6 Å². The summed E-state index contributed by atoms with van der Waals surface area (Å²) in [5.41, 5.74) is 11.0. The van der Waals surface area contributed by atoms with Crippen molar-refractivity contribution < 1.29 is 0 Å². The Morgan fingerprint density at radius 3 is 1.53 bits per heavy atom. The predicted octanol–water partition coefficient (Wildman–Crippen LogP) is 12.6. The summed E-state index contributed by atoms with van der Waals surface area (Å²) in [7, 11) is 0. The summed E-state index contributed by atoms with van der Waals surface area (Å²) in [6.07, 6.45) is 3.73. The van der Waals surface area contributed by atoms with Crippen LogP contribution in [0.5, 0.6) is 0 Å². The van der Waals surface area contributed by atoms with Gasteiger partial charge in [0.05, 0.1) is 33.1 Å². The van der Waals surface area contributed by atoms with Crippen LogP contribution < -0.4 is 0 Å². The van der Waals surface area contributed by atoms with E-state index in [-0.39, 0.29) is 0 Å². The number of hydrogen-bond acceptors (Lipinski definition) is 2. The molecule has 0 spiro atoms. The summed E-state index contributed by atoms with van der Waals surface area (Å²) in [6.45, 7) is 0. The molecule has 0 N–H and O–H groups in total. The Morgan fingerprint density at radius 2 is 0.873 bits per heavy atom. The standard InChI is InChI=1S/C50H31N5/c1-2-15-33(16-3-1)53-44-25-10-8-21-38(44)42-30-47-43(29-46(42)53)39-22-9-11-26-45(39)54(47)34-17-12-18-35(28-34)55-49-41-24-7-5-20-37(41)36-19-4-6-23-40(36)48(49)52-50(55)32-14-13-27-51-31-32/h1-31H. The highest BCUT2D eigenvalue weighted by Gasteiger charge is 2.22. The SMILES string of the molecule is c1ccc(-n2c3ccccc3c3cc4c(cc32)c2ccccc2n4-c2cccc(-n3c(-c4cccnc4)nc4c5ccccc5c5ccccc5c43)c2)cc1. The van der Waals surface area contributed by atoms with E-state index in [1.165, 1.54) is 54.3 Å². The van der Waals surface area contributed by atoms with E-state index in [9.17, 15) is 0 Å². The van der Waals surface area contributed by atoms with E-state index in [1.54, 1.807) is 0 Å². The Kier molecular flexibility index (Phi) is 6.27. The van der Waals surface area contributed by atoms with Crippen LogP contribution >= 0.6 is 0 Å². The molecule has 256 valence electrons. The monoisotopic (exact) mass is 701 g/mol. The van der Waals surface area contributed by atoms with Gasteiger partial charge in [0.1, 0.15) is 5.82 Å². The van der Waals surface area contributed by atoms with Crippen LogP contribution in [0.3, 0.4) is 0 Å². The summed E-state index contributed by atoms with van der Waals surface area (Å²) < 4.78 is 7.16. The highest BCUT2D eigenvalue weighted by Crippen LogP contribution is 2.42. The first-order valence-electron chi connectivity index (χ1n) is 18.7. The minimum absolute atomic E-state index is 0.861. The molecular weight excluding hydrogens is 671 g/mol. The summed E-state index contributed by atoms with van der Waals surface area (Å²) in [5.74, 6) is 0.861. The molecule has 12 aromatic rings. The van der Waals surface area contributed by atoms with Crippen LogP contribution in [0.4, 0.5) is 0 Å². The van der Waals surface area contributed by atoms with Crippen LogP contribution in [0.2, 0.25) is 0 Å². The average Bonchev–Trinajstić information content (AvgIpc) is 3.92. The van der Waals surface area contributed by atoms with Gasteiger partial charge in [0.25, 0.3) is 0 Å². The first kappa shape index (κ1) is 30.0. The van der Waals surface area contributed by atoms with E-state index in [4.69, 9.17) is 4.98 Å². The lowest BCUT2D eigenvalue weighted by atomic mass is 10.00. The second kappa shape index (κ2) is 11.5. The van der Waals surface area contributed by atoms with E-state index in [0.29, 0.717) is 0 Å². The molecule has 12 rings (SSSR count). The van der Waals surface area contributed by atoms with Gasteiger partial charge in [-0.2, -0.15) is 0 Å². The van der Waals surface area contributed by atoms with E-state index >= 15 is 0 Å². The van der Waals surface area contributed by atoms with Crippen LogP contribution in [-0.4, -0.2) is 23.7 Å². The Balaban J connectivity index is 1.17. The van der Waals surface area contributed by atoms with Gasteiger partial charge >= 0.3 is 0 Å². The molecule has 0 aliphatic rings. The quantitative estimate of drug-likeness (QED) is 0.171. The van der Waals surface area contributed by atoms with Crippen LogP contribution in [0, 0.1) is 0 Å². The number of fused-ring (bicyclic) bond motifs is 12. The van der Waals surface area contributed by atoms with E-state index in [1.807, 2.05) is 18.5 Å². The van der Waals surface area contributed by atoms with Crippen molar-refractivity contribution in [3.05, 3.63) is 188 Å². The van der Waals surface area contributed by atoms with Crippen molar-refractivity contribution in [2.24, 2.45) is 0 Å². The molecule has 0 fully saturated rings. The highest BCUT2D eigenvalue weighted by atomic mass is 15.1. The van der Waals surface area contributed by atoms with E-state index < -0.39 is 0 Å². The second-order valence-electron chi connectivity index (χ2n) is 14.2. The van der Waals surface area contributed by atoms with Gasteiger partial charge in [-0.3, -0.25) is 9.55 Å². The highest BCUT2D eigenvalue weighted by molar-refractivity contribution is 6.24. The lowest BCUT2D eigenvalue weighted by molar-refractivity contribution is 1.08. The van der Waals surface area contributed by atoms with Gasteiger partial charge in [0, 0.05) is 67.3 Å². The van der Waals surface area contributed by atoms with Crippen molar-refractivity contribution >= 4 is 76.2 Å². The number of aromatic nitrogens is 5. The first-order valence-corrected chi connectivity index (χ1v) is 18.7. The van der Waals surface area contributed by atoms with E-state index in [2.05, 4.69) is 189 Å². The normalized spacial score (nSPS) is 12.0. The average molecular weight is 702 g/mol. The summed E-state index contributed by atoms with van der Waals surface area (Å²) in [5, 5.41) is 9.61. The molecular formula is C50H31N5. The lowest BCUT2D eigenvalue weighted by Crippen LogP contribution is -2.01. The summed E-state index contributed by atoms with van der Waals surface area (Å²) in [4.78, 5) is 9.96. The minimum Gasteiger partial charge on any atom is -0.309 e. The zero-order chi connectivity index (χ0) is 36.0. The molecule has 0 atom stereocenters. The van der Waals surface area contributed by atoms with Crippen molar-refractivity contribution in [1.82, 2.24) is 23.7 Å². The van der Waals surface area contributed by atoms with Crippen molar-refractivity contribution in [2.75, 3.05) is 0 Å². The number of para-hydroxylation sites is 3. The molecule has 0 unspecified atom stereocenters. The number of nitrogens with zero attached hydrogens (tertiary/aromatic N) is 5. The van der Waals surface area contributed by atoms with Gasteiger partial charge in [-0.1, -0.05) is 109 Å². The third kappa shape index (κ3) is 4.29. The number of pyridine rings is 1. The van der Waals surface area contributed by atoms with Gasteiger partial charge in [0.15, 0.2) is 0 Å². The molecule has 0 saturated heterocycles. The van der Waals surface area contributed by atoms with Gasteiger partial charge < -0.3 is 9.13 Å². The molecule has 0 aliphatic heterocycles. The molecule has 0 bridgehead atoms. The number of hydrogen-bond donors (Lipinski definition) is 0. The smallest absolute Gasteiger partial charge is 0.147 e. The van der Waals surface area contributed by atoms with Crippen molar-refractivity contribution in [1.29, 1.82) is 0 Å². The van der Waals surface area contributed by atoms with E-state index in [0.717, 1.165) is 50.4 Å². The van der Waals surface area contributed by atoms with Crippen molar-refractivity contribution in [3.63, 3.8) is 0 Å². The van der Waals surface area contributed by atoms with Crippen LogP contribution in [-0.2, 0) is 0 Å². The number of benzene rings is 8. The lowest BCUT2D eigenvalue weighted by Gasteiger charge is -2.15. The van der Waals surface area contributed by atoms with Gasteiger partial charge in [0.2, 0.25) is 0 Å². The molecule has 55 heavy (non-hydrogen) atoms. The number of rotatable bonds is 4. The zero-order valence-corrected chi connectivity index (χ0v) is 29.6. The van der Waals surface area contributed by atoms with Gasteiger partial charge in [-0.15, -0.1) is 0 Å². The Labute approximate surface area is 315 Å². The third-order valence-corrected chi connectivity index (χ3v) is 11.3. The third-order valence-electron chi connectivity index (χ3n) is 11.3. The molecule has 0 amide bonds. The fraction of sp³-hybridized carbons (Fsp3) is 0. The molecule has 0 saturated carbocycles. The van der Waals surface area contributed by atoms with Gasteiger partial charge in [-0.25, -0.2) is 4.98 Å². The Morgan fingerprint density at radius 1 is 0.345 bits per heavy atom. The molecule has 4 heterocycles. The maximum absolute atomic E-state index is 5.43. The number of imidazole rings is 1. The molecule has 8 aromatic carbocycles. The zero-order valence-electron chi connectivity index (χ0n) is 29.6. The molecule has 5 heteroatoms. The molecule has 0 radical (unpaired) electrons. The maximum Gasteiger partial charge on any atom is 0.147 e. The van der Waals surface area contributed by atoms with Gasteiger partial charge in [-0.05, 0) is 77.5 Å². The second-order valence-corrected chi connectivity index (χ2v) is 14.2. The Hall–Kier alpha value is -7.50. The fourth-order valence-corrected chi connectivity index (χ4v) is 8.98. The van der Waals surface area contributed by atoms with Crippen LogP contribution in [0.25, 0.3) is 105 Å². The fourth-order valence-electron chi connectivity index (χ4n) is 8.98. The molecule has 4 aromatic heterocycles. The van der Waals surface area contributed by atoms with Crippen molar-refractivity contribution in [2.45, 2.75) is 0 Å². The molecule has 5 nitrogen and oxygen atoms in total. The predicted molar refractivity (Wildman–Crippen MR) is 228 cm³/mol.